The molecular formula is C20H18ClN3O3S. The second kappa shape index (κ2) is 7.77. The number of rotatable bonds is 5. The second-order valence-corrected chi connectivity index (χ2v) is 8.17. The van der Waals surface area contributed by atoms with Crippen LogP contribution in [0.25, 0.3) is 5.69 Å². The van der Waals surface area contributed by atoms with Gasteiger partial charge in [0.15, 0.2) is 0 Å². The lowest BCUT2D eigenvalue weighted by Gasteiger charge is -2.13. The van der Waals surface area contributed by atoms with Crippen LogP contribution in [0.15, 0.2) is 48.5 Å². The van der Waals surface area contributed by atoms with Crippen molar-refractivity contribution in [3.63, 3.8) is 0 Å². The van der Waals surface area contributed by atoms with Gasteiger partial charge in [0.25, 0.3) is 5.91 Å². The van der Waals surface area contributed by atoms with Gasteiger partial charge in [-0.05, 0) is 37.3 Å². The van der Waals surface area contributed by atoms with Crippen molar-refractivity contribution in [3.05, 3.63) is 70.4 Å². The fourth-order valence-corrected chi connectivity index (χ4v) is 4.61. The molecular weight excluding hydrogens is 398 g/mol. The van der Waals surface area contributed by atoms with Gasteiger partial charge < -0.3 is 10.1 Å². The largest absolute Gasteiger partial charge is 0.493 e. The van der Waals surface area contributed by atoms with Crippen LogP contribution in [0, 0.1) is 0 Å². The number of nitrogens with one attached hydrogen (secondary N) is 1. The highest BCUT2D eigenvalue weighted by molar-refractivity contribution is 7.83. The molecule has 0 saturated heterocycles. The van der Waals surface area contributed by atoms with Crippen LogP contribution >= 0.6 is 11.6 Å². The van der Waals surface area contributed by atoms with Crippen molar-refractivity contribution in [2.75, 3.05) is 11.9 Å². The van der Waals surface area contributed by atoms with Gasteiger partial charge in [0, 0.05) is 21.4 Å². The van der Waals surface area contributed by atoms with Crippen molar-refractivity contribution >= 4 is 34.1 Å². The quantitative estimate of drug-likeness (QED) is 0.685. The van der Waals surface area contributed by atoms with Gasteiger partial charge in [-0.1, -0.05) is 29.8 Å². The molecule has 1 amide bonds. The van der Waals surface area contributed by atoms with Gasteiger partial charge in [-0.25, -0.2) is 4.68 Å². The molecule has 0 aliphatic carbocycles. The number of anilines is 1. The van der Waals surface area contributed by atoms with Crippen LogP contribution in [0.2, 0.25) is 5.02 Å². The maximum Gasteiger partial charge on any atom is 0.260 e. The number of nitrogens with zero attached hydrogens (tertiary/aromatic N) is 2. The highest BCUT2D eigenvalue weighted by Gasteiger charge is 2.29. The van der Waals surface area contributed by atoms with Crippen molar-refractivity contribution in [1.29, 1.82) is 0 Å². The Morgan fingerprint density at radius 2 is 2.07 bits per heavy atom. The molecule has 0 fully saturated rings. The average Bonchev–Trinajstić information content (AvgIpc) is 3.19. The zero-order chi connectivity index (χ0) is 19.7. The highest BCUT2D eigenvalue weighted by atomic mass is 35.5. The van der Waals surface area contributed by atoms with Crippen LogP contribution in [-0.2, 0) is 22.3 Å². The third-order valence-electron chi connectivity index (χ3n) is 4.39. The summed E-state index contributed by atoms with van der Waals surface area (Å²) in [4.78, 5) is 13.0. The van der Waals surface area contributed by atoms with Crippen molar-refractivity contribution < 1.29 is 13.7 Å². The molecule has 144 valence electrons. The Bertz CT molecular complexity index is 1080. The number of aromatic nitrogens is 2. The molecule has 6 nitrogen and oxygen atoms in total. The van der Waals surface area contributed by atoms with Crippen LogP contribution in [-0.4, -0.2) is 26.5 Å². The van der Waals surface area contributed by atoms with E-state index >= 15 is 0 Å². The van der Waals surface area contributed by atoms with E-state index in [0.717, 1.165) is 16.9 Å². The van der Waals surface area contributed by atoms with E-state index in [9.17, 15) is 9.00 Å². The Labute approximate surface area is 169 Å². The third-order valence-corrected chi connectivity index (χ3v) is 5.83. The number of ether oxygens (including phenoxy) is 1. The Morgan fingerprint density at radius 1 is 1.25 bits per heavy atom. The van der Waals surface area contributed by atoms with Crippen LogP contribution in [0.4, 0.5) is 5.82 Å². The Morgan fingerprint density at radius 3 is 2.86 bits per heavy atom. The number of fused-ring (bicyclic) bond motifs is 1. The molecule has 28 heavy (non-hydrogen) atoms. The lowest BCUT2D eigenvalue weighted by Crippen LogP contribution is -2.17. The summed E-state index contributed by atoms with van der Waals surface area (Å²) in [7, 11) is -1.01. The van der Waals surface area contributed by atoms with E-state index in [4.69, 9.17) is 16.3 Å². The standard InChI is InChI=1S/C20H18ClN3O3S/c1-2-27-18-9-4-3-8-15(18)20(25)22-19-16-11-28(26)12-17(16)23-24(19)14-7-5-6-13(21)10-14/h3-10H,2,11-12H2,1H3,(H,22,25)/t28-/m1/s1. The van der Waals surface area contributed by atoms with Crippen LogP contribution in [0.3, 0.4) is 0 Å². The van der Waals surface area contributed by atoms with E-state index in [0.29, 0.717) is 40.3 Å². The van der Waals surface area contributed by atoms with Gasteiger partial charge in [-0.3, -0.25) is 9.00 Å². The SMILES string of the molecule is CCOc1ccccc1C(=O)Nc1c2c(nn1-c1cccc(Cl)c1)C[S@](=O)C2. The Balaban J connectivity index is 1.75. The topological polar surface area (TPSA) is 73.2 Å². The summed E-state index contributed by atoms with van der Waals surface area (Å²) in [5.41, 5.74) is 2.67. The normalized spacial score (nSPS) is 15.3. The number of amides is 1. The molecule has 0 bridgehead atoms. The first-order chi connectivity index (χ1) is 13.6. The number of halogens is 1. The molecule has 1 atom stereocenters. The predicted octanol–water partition coefficient (Wildman–Crippen LogP) is 3.94. The van der Waals surface area contributed by atoms with E-state index < -0.39 is 10.8 Å². The number of carbonyl (C=O) groups is 1. The zero-order valence-electron chi connectivity index (χ0n) is 15.1. The van der Waals surface area contributed by atoms with Gasteiger partial charge in [-0.2, -0.15) is 5.10 Å². The van der Waals surface area contributed by atoms with Crippen molar-refractivity contribution in [3.8, 4) is 11.4 Å². The lowest BCUT2D eigenvalue weighted by molar-refractivity contribution is 0.102. The van der Waals surface area contributed by atoms with E-state index in [1.54, 1.807) is 35.0 Å². The summed E-state index contributed by atoms with van der Waals surface area (Å²) >= 11 is 6.13. The maximum atomic E-state index is 13.0. The molecule has 8 heteroatoms. The second-order valence-electron chi connectivity index (χ2n) is 6.28. The third kappa shape index (κ3) is 3.55. The van der Waals surface area contributed by atoms with E-state index in [2.05, 4.69) is 10.4 Å². The molecule has 1 N–H and O–H groups in total. The minimum Gasteiger partial charge on any atom is -0.493 e. The molecule has 3 aromatic rings. The Kier molecular flexibility index (Phi) is 5.19. The van der Waals surface area contributed by atoms with Crippen LogP contribution in [0.1, 0.15) is 28.5 Å². The van der Waals surface area contributed by atoms with Gasteiger partial charge in [0.1, 0.15) is 11.6 Å². The minimum absolute atomic E-state index is 0.312. The molecule has 2 heterocycles. The van der Waals surface area contributed by atoms with E-state index in [1.165, 1.54) is 0 Å². The fourth-order valence-electron chi connectivity index (χ4n) is 3.16. The van der Waals surface area contributed by atoms with Crippen LogP contribution < -0.4 is 10.1 Å². The molecule has 4 rings (SSSR count). The summed E-state index contributed by atoms with van der Waals surface area (Å²) in [6.07, 6.45) is 0. The summed E-state index contributed by atoms with van der Waals surface area (Å²) < 4.78 is 19.2. The molecule has 0 saturated carbocycles. The van der Waals surface area contributed by atoms with Crippen molar-refractivity contribution in [2.45, 2.75) is 18.4 Å². The van der Waals surface area contributed by atoms with Gasteiger partial charge in [-0.15, -0.1) is 0 Å². The van der Waals surface area contributed by atoms with Gasteiger partial charge >= 0.3 is 0 Å². The van der Waals surface area contributed by atoms with Crippen molar-refractivity contribution in [1.82, 2.24) is 9.78 Å². The molecule has 2 aromatic carbocycles. The summed E-state index contributed by atoms with van der Waals surface area (Å²) in [5, 5.41) is 8.09. The first-order valence-corrected chi connectivity index (χ1v) is 10.7. The smallest absolute Gasteiger partial charge is 0.260 e. The van der Waals surface area contributed by atoms with E-state index in [-0.39, 0.29) is 5.91 Å². The predicted molar refractivity (Wildman–Crippen MR) is 110 cm³/mol. The summed E-state index contributed by atoms with van der Waals surface area (Å²) in [5.74, 6) is 1.45. The molecule has 0 radical (unpaired) electrons. The number of hydrogen-bond acceptors (Lipinski definition) is 4. The summed E-state index contributed by atoms with van der Waals surface area (Å²) in [6.45, 7) is 2.32. The first-order valence-electron chi connectivity index (χ1n) is 8.81. The average molecular weight is 416 g/mol. The van der Waals surface area contributed by atoms with E-state index in [1.807, 2.05) is 25.1 Å². The molecule has 1 aromatic heterocycles. The fraction of sp³-hybridized carbons (Fsp3) is 0.200. The van der Waals surface area contributed by atoms with Crippen LogP contribution in [0.5, 0.6) is 5.75 Å². The van der Waals surface area contributed by atoms with Crippen molar-refractivity contribution in [2.24, 2.45) is 0 Å². The molecule has 0 spiro atoms. The molecule has 0 unspecified atom stereocenters. The first kappa shape index (κ1) is 18.7. The van der Waals surface area contributed by atoms with Gasteiger partial charge in [0.2, 0.25) is 0 Å². The monoisotopic (exact) mass is 415 g/mol. The number of carbonyl (C=O) groups excluding carboxylic acids is 1. The maximum absolute atomic E-state index is 13.0. The molecule has 1 aliphatic rings. The number of benzene rings is 2. The number of hydrogen-bond donors (Lipinski definition) is 1. The highest BCUT2D eigenvalue weighted by Crippen LogP contribution is 2.32. The Hall–Kier alpha value is -2.64. The minimum atomic E-state index is -1.01. The zero-order valence-corrected chi connectivity index (χ0v) is 16.7. The number of para-hydroxylation sites is 1. The van der Waals surface area contributed by atoms with Gasteiger partial charge in [0.05, 0.1) is 35.1 Å². The lowest BCUT2D eigenvalue weighted by atomic mass is 10.2. The molecule has 1 aliphatic heterocycles. The summed E-state index contributed by atoms with van der Waals surface area (Å²) in [6, 6.07) is 14.3.